The summed E-state index contributed by atoms with van der Waals surface area (Å²) >= 11 is 1.52. The highest BCUT2D eigenvalue weighted by Crippen LogP contribution is 2.32. The summed E-state index contributed by atoms with van der Waals surface area (Å²) in [7, 11) is 0. The van der Waals surface area contributed by atoms with Crippen molar-refractivity contribution < 1.29 is 23.8 Å². The number of carbonyl (C=O) groups is 2. The number of rotatable bonds is 6. The van der Waals surface area contributed by atoms with Crippen LogP contribution in [-0.4, -0.2) is 61.9 Å². The Balaban J connectivity index is 1.58. The van der Waals surface area contributed by atoms with Gasteiger partial charge in [0.05, 0.1) is 31.9 Å². The molecule has 3 rings (SSSR count). The minimum Gasteiger partial charge on any atom is -0.462 e. The predicted octanol–water partition coefficient (Wildman–Crippen LogP) is 2.49. The Morgan fingerprint density at radius 3 is 2.46 bits per heavy atom. The lowest BCUT2D eigenvalue weighted by Crippen LogP contribution is -2.46. The maximum absolute atomic E-state index is 12.6. The average Bonchev–Trinajstić information content (AvgIpc) is 3.16. The largest absolute Gasteiger partial charge is 0.462 e. The molecular weight excluding hydrogens is 354 g/mol. The predicted molar refractivity (Wildman–Crippen MR) is 98.8 cm³/mol. The molecule has 0 unspecified atom stereocenters. The van der Waals surface area contributed by atoms with Gasteiger partial charge in [0.2, 0.25) is 0 Å². The summed E-state index contributed by atoms with van der Waals surface area (Å²) in [5, 5.41) is 0. The molecule has 0 aromatic carbocycles. The van der Waals surface area contributed by atoms with Crippen LogP contribution in [0.25, 0.3) is 0 Å². The van der Waals surface area contributed by atoms with Crippen molar-refractivity contribution in [3.8, 4) is 0 Å². The van der Waals surface area contributed by atoms with Crippen LogP contribution in [0.1, 0.15) is 45.4 Å². The van der Waals surface area contributed by atoms with Gasteiger partial charge in [0.25, 0.3) is 0 Å². The molecule has 2 aliphatic heterocycles. The molecule has 0 amide bonds. The van der Waals surface area contributed by atoms with Gasteiger partial charge in [-0.15, -0.1) is 11.3 Å². The smallest absolute Gasteiger partial charge is 0.339 e. The van der Waals surface area contributed by atoms with Gasteiger partial charge in [0.1, 0.15) is 0 Å². The van der Waals surface area contributed by atoms with E-state index in [9.17, 15) is 9.59 Å². The number of ether oxygens (including phenoxy) is 3. The monoisotopic (exact) mass is 381 g/mol. The molecule has 0 bridgehead atoms. The second-order valence-corrected chi connectivity index (χ2v) is 8.21. The first kappa shape index (κ1) is 19.5. The number of carbonyl (C=O) groups excluding carboxylic acids is 2. The molecule has 144 valence electrons. The molecule has 0 saturated carbocycles. The van der Waals surface area contributed by atoms with Crippen LogP contribution in [0.3, 0.4) is 0 Å². The van der Waals surface area contributed by atoms with E-state index in [1.54, 1.807) is 6.92 Å². The molecule has 0 N–H and O–H groups in total. The standard InChI is InChI=1S/C19H27NO5S/c1-4-23-18(22)17-13(2)14(3)26-16(17)11-15(21)12-20-7-5-19(6-8-20)24-9-10-25-19/h4-12H2,1-3H3. The molecule has 1 aromatic heterocycles. The van der Waals surface area contributed by atoms with E-state index < -0.39 is 5.79 Å². The Morgan fingerprint density at radius 2 is 1.85 bits per heavy atom. The van der Waals surface area contributed by atoms with E-state index in [-0.39, 0.29) is 18.2 Å². The van der Waals surface area contributed by atoms with Crippen molar-refractivity contribution in [1.29, 1.82) is 0 Å². The zero-order chi connectivity index (χ0) is 18.7. The first-order valence-corrected chi connectivity index (χ1v) is 10.0. The van der Waals surface area contributed by atoms with Crippen molar-refractivity contribution in [1.82, 2.24) is 4.90 Å². The number of hydrogen-bond acceptors (Lipinski definition) is 7. The summed E-state index contributed by atoms with van der Waals surface area (Å²) in [5.74, 6) is -0.618. The lowest BCUT2D eigenvalue weighted by atomic mass is 10.0. The van der Waals surface area contributed by atoms with Gasteiger partial charge in [-0.1, -0.05) is 0 Å². The lowest BCUT2D eigenvalue weighted by Gasteiger charge is -2.37. The number of esters is 1. The minimum atomic E-state index is -0.418. The molecule has 1 spiro atoms. The molecule has 1 aromatic rings. The Morgan fingerprint density at radius 1 is 1.19 bits per heavy atom. The second-order valence-electron chi connectivity index (χ2n) is 6.90. The van der Waals surface area contributed by atoms with Gasteiger partial charge in [-0.2, -0.15) is 0 Å². The van der Waals surface area contributed by atoms with Crippen molar-refractivity contribution in [2.45, 2.75) is 45.8 Å². The van der Waals surface area contributed by atoms with Crippen LogP contribution < -0.4 is 0 Å². The normalized spacial score (nSPS) is 19.8. The Kier molecular flexibility index (Phi) is 6.12. The molecule has 6 nitrogen and oxygen atoms in total. The van der Waals surface area contributed by atoms with Gasteiger partial charge >= 0.3 is 5.97 Å². The minimum absolute atomic E-state index is 0.126. The molecule has 0 aliphatic carbocycles. The van der Waals surface area contributed by atoms with Gasteiger partial charge in [0, 0.05) is 42.1 Å². The van der Waals surface area contributed by atoms with Gasteiger partial charge in [-0.05, 0) is 26.3 Å². The third-order valence-corrected chi connectivity index (χ3v) is 6.33. The fourth-order valence-corrected chi connectivity index (χ4v) is 4.81. The van der Waals surface area contributed by atoms with Crippen molar-refractivity contribution in [3.63, 3.8) is 0 Å². The fourth-order valence-electron chi connectivity index (χ4n) is 3.61. The number of nitrogens with zero attached hydrogens (tertiary/aromatic N) is 1. The molecule has 2 aliphatic rings. The van der Waals surface area contributed by atoms with Crippen molar-refractivity contribution in [3.05, 3.63) is 20.9 Å². The quantitative estimate of drug-likeness (QED) is 0.706. The maximum Gasteiger partial charge on any atom is 0.339 e. The second kappa shape index (κ2) is 8.17. The van der Waals surface area contributed by atoms with E-state index in [2.05, 4.69) is 4.90 Å². The summed E-state index contributed by atoms with van der Waals surface area (Å²) < 4.78 is 16.6. The van der Waals surface area contributed by atoms with Gasteiger partial charge < -0.3 is 14.2 Å². The summed E-state index contributed by atoms with van der Waals surface area (Å²) in [6, 6.07) is 0. The van der Waals surface area contributed by atoms with Gasteiger partial charge in [-0.25, -0.2) is 4.79 Å². The van der Waals surface area contributed by atoms with Crippen LogP contribution in [0.5, 0.6) is 0 Å². The number of ketones is 1. The molecule has 2 saturated heterocycles. The maximum atomic E-state index is 12.6. The SMILES string of the molecule is CCOC(=O)c1c(CC(=O)CN2CCC3(CC2)OCCO3)sc(C)c1C. The molecular formula is C19H27NO5S. The molecule has 7 heteroatoms. The molecule has 0 radical (unpaired) electrons. The topological polar surface area (TPSA) is 65.1 Å². The van der Waals surface area contributed by atoms with Gasteiger partial charge in [-0.3, -0.25) is 9.69 Å². The Bertz CT molecular complexity index is 668. The summed E-state index contributed by atoms with van der Waals surface area (Å²) in [6.45, 7) is 9.31. The van der Waals surface area contributed by atoms with Gasteiger partial charge in [0.15, 0.2) is 11.6 Å². The highest BCUT2D eigenvalue weighted by atomic mass is 32.1. The van der Waals surface area contributed by atoms with E-state index in [1.165, 1.54) is 11.3 Å². The summed E-state index contributed by atoms with van der Waals surface area (Å²) in [5.41, 5.74) is 1.50. The van der Waals surface area contributed by atoms with E-state index in [4.69, 9.17) is 14.2 Å². The number of Topliss-reactive ketones (excluding diaryl/α,β-unsaturated/α-hetero) is 1. The third-order valence-electron chi connectivity index (χ3n) is 5.13. The van der Waals surface area contributed by atoms with Crippen LogP contribution in [0.2, 0.25) is 0 Å². The third kappa shape index (κ3) is 4.17. The van der Waals surface area contributed by atoms with E-state index in [0.29, 0.717) is 31.9 Å². The van der Waals surface area contributed by atoms with Crippen LogP contribution in [0.4, 0.5) is 0 Å². The van der Waals surface area contributed by atoms with Crippen LogP contribution >= 0.6 is 11.3 Å². The summed E-state index contributed by atoms with van der Waals surface area (Å²) in [4.78, 5) is 28.9. The van der Waals surface area contributed by atoms with Crippen LogP contribution in [0.15, 0.2) is 0 Å². The lowest BCUT2D eigenvalue weighted by molar-refractivity contribution is -0.185. The highest BCUT2D eigenvalue weighted by Gasteiger charge is 2.40. The zero-order valence-electron chi connectivity index (χ0n) is 15.8. The molecule has 26 heavy (non-hydrogen) atoms. The van der Waals surface area contributed by atoms with E-state index in [1.807, 2.05) is 13.8 Å². The van der Waals surface area contributed by atoms with E-state index in [0.717, 1.165) is 41.2 Å². The van der Waals surface area contributed by atoms with Crippen molar-refractivity contribution in [2.24, 2.45) is 0 Å². The van der Waals surface area contributed by atoms with Crippen LogP contribution in [0, 0.1) is 13.8 Å². The number of piperidine rings is 1. The fraction of sp³-hybridized carbons (Fsp3) is 0.684. The molecule has 2 fully saturated rings. The number of aryl methyl sites for hydroxylation is 1. The Labute approximate surface area is 158 Å². The Hall–Kier alpha value is -1.28. The van der Waals surface area contributed by atoms with E-state index >= 15 is 0 Å². The number of thiophene rings is 1. The van der Waals surface area contributed by atoms with Crippen molar-refractivity contribution >= 4 is 23.1 Å². The van der Waals surface area contributed by atoms with Crippen LogP contribution in [-0.2, 0) is 25.4 Å². The number of hydrogen-bond donors (Lipinski definition) is 0. The summed E-state index contributed by atoms with van der Waals surface area (Å²) in [6.07, 6.45) is 1.87. The molecule has 3 heterocycles. The number of likely N-dealkylation sites (tertiary alicyclic amines) is 1. The average molecular weight is 381 g/mol. The highest BCUT2D eigenvalue weighted by molar-refractivity contribution is 7.12. The van der Waals surface area contributed by atoms with Crippen molar-refractivity contribution in [2.75, 3.05) is 39.5 Å². The first-order valence-electron chi connectivity index (χ1n) is 9.22. The first-order chi connectivity index (χ1) is 12.4. The zero-order valence-corrected chi connectivity index (χ0v) is 16.6. The molecule has 0 atom stereocenters.